The number of benzene rings is 2. The van der Waals surface area contributed by atoms with Crippen LogP contribution >= 0.6 is 0 Å². The molecule has 1 aromatic heterocycles. The van der Waals surface area contributed by atoms with E-state index in [2.05, 4.69) is 58.5 Å². The minimum Gasteiger partial charge on any atom is -0.390 e. The fourth-order valence-corrected chi connectivity index (χ4v) is 3.28. The smallest absolute Gasteiger partial charge is 0.0863 e. The Kier molecular flexibility index (Phi) is 6.21. The van der Waals surface area contributed by atoms with Crippen LogP contribution in [0.2, 0.25) is 0 Å². The molecule has 136 valence electrons. The average Bonchev–Trinajstić information content (AvgIpc) is 2.93. The summed E-state index contributed by atoms with van der Waals surface area (Å²) in [6, 6.07) is 22.9. The summed E-state index contributed by atoms with van der Waals surface area (Å²) in [5, 5.41) is 15.1. The molecule has 0 saturated carbocycles. The highest BCUT2D eigenvalue weighted by atomic mass is 16.3. The molecule has 2 aromatic carbocycles. The van der Waals surface area contributed by atoms with Crippen molar-refractivity contribution in [1.82, 2.24) is 14.7 Å². The van der Waals surface area contributed by atoms with E-state index >= 15 is 0 Å². The molecule has 0 amide bonds. The second kappa shape index (κ2) is 8.79. The average molecular weight is 349 g/mol. The zero-order valence-electron chi connectivity index (χ0n) is 15.5. The van der Waals surface area contributed by atoms with Gasteiger partial charge in [-0.25, -0.2) is 0 Å². The summed E-state index contributed by atoms with van der Waals surface area (Å²) in [6.07, 6.45) is -0.472. The standard InChI is InChI=1S/C22H27N3O/c1-18-13-19(2)25(23-18)17-22(26)16-24(14-20-9-5-3-6-10-20)15-21-11-7-4-8-12-21/h3-13,22,26H,14-17H2,1-2H3. The number of aryl methyl sites for hydroxylation is 2. The first-order valence-corrected chi connectivity index (χ1v) is 9.09. The molecule has 1 unspecified atom stereocenters. The van der Waals surface area contributed by atoms with Crippen molar-refractivity contribution in [1.29, 1.82) is 0 Å². The van der Waals surface area contributed by atoms with E-state index in [4.69, 9.17) is 0 Å². The van der Waals surface area contributed by atoms with Gasteiger partial charge in [0.15, 0.2) is 0 Å². The van der Waals surface area contributed by atoms with Crippen molar-refractivity contribution < 1.29 is 5.11 Å². The van der Waals surface area contributed by atoms with Crippen LogP contribution in [0.5, 0.6) is 0 Å². The van der Waals surface area contributed by atoms with Crippen LogP contribution in [0.1, 0.15) is 22.5 Å². The SMILES string of the molecule is Cc1cc(C)n(CC(O)CN(Cc2ccccc2)Cc2ccccc2)n1. The number of aliphatic hydroxyl groups excluding tert-OH is 1. The van der Waals surface area contributed by atoms with Crippen molar-refractivity contribution >= 4 is 0 Å². The van der Waals surface area contributed by atoms with E-state index in [9.17, 15) is 5.11 Å². The highest BCUT2D eigenvalue weighted by Gasteiger charge is 2.15. The van der Waals surface area contributed by atoms with Crippen LogP contribution in [0.15, 0.2) is 66.7 Å². The Morgan fingerprint density at radius 1 is 0.923 bits per heavy atom. The van der Waals surface area contributed by atoms with E-state index in [1.165, 1.54) is 11.1 Å². The molecule has 0 saturated heterocycles. The molecule has 0 fully saturated rings. The molecule has 1 atom stereocenters. The third-order valence-electron chi connectivity index (χ3n) is 4.45. The highest BCUT2D eigenvalue weighted by Crippen LogP contribution is 2.12. The van der Waals surface area contributed by atoms with Gasteiger partial charge in [0.05, 0.1) is 18.3 Å². The lowest BCUT2D eigenvalue weighted by Gasteiger charge is -2.25. The van der Waals surface area contributed by atoms with Crippen molar-refractivity contribution in [2.75, 3.05) is 6.54 Å². The summed E-state index contributed by atoms with van der Waals surface area (Å²) in [6.45, 7) is 6.74. The Balaban J connectivity index is 1.68. The molecule has 0 radical (unpaired) electrons. The van der Waals surface area contributed by atoms with Gasteiger partial charge < -0.3 is 5.11 Å². The van der Waals surface area contributed by atoms with E-state index in [0.717, 1.165) is 24.5 Å². The van der Waals surface area contributed by atoms with Gasteiger partial charge in [0, 0.05) is 25.3 Å². The van der Waals surface area contributed by atoms with E-state index < -0.39 is 6.10 Å². The van der Waals surface area contributed by atoms with E-state index in [1.807, 2.05) is 36.7 Å². The number of rotatable bonds is 8. The Labute approximate surface area is 155 Å². The normalized spacial score (nSPS) is 12.5. The van der Waals surface area contributed by atoms with Crippen molar-refractivity contribution in [3.63, 3.8) is 0 Å². The molecule has 0 spiro atoms. The van der Waals surface area contributed by atoms with Crippen molar-refractivity contribution in [3.8, 4) is 0 Å². The van der Waals surface area contributed by atoms with Crippen LogP contribution in [0.4, 0.5) is 0 Å². The maximum Gasteiger partial charge on any atom is 0.0863 e. The molecule has 26 heavy (non-hydrogen) atoms. The van der Waals surface area contributed by atoms with Crippen LogP contribution in [-0.4, -0.2) is 32.4 Å². The molecule has 4 heteroatoms. The van der Waals surface area contributed by atoms with Gasteiger partial charge in [-0.3, -0.25) is 9.58 Å². The first-order valence-electron chi connectivity index (χ1n) is 9.09. The van der Waals surface area contributed by atoms with Gasteiger partial charge in [0.1, 0.15) is 0 Å². The quantitative estimate of drug-likeness (QED) is 0.676. The highest BCUT2D eigenvalue weighted by molar-refractivity contribution is 5.17. The van der Waals surface area contributed by atoms with Gasteiger partial charge in [0.25, 0.3) is 0 Å². The molecular weight excluding hydrogens is 322 g/mol. The monoisotopic (exact) mass is 349 g/mol. The number of nitrogens with zero attached hydrogens (tertiary/aromatic N) is 3. The largest absolute Gasteiger partial charge is 0.390 e. The first kappa shape index (κ1) is 18.4. The third-order valence-corrected chi connectivity index (χ3v) is 4.45. The van der Waals surface area contributed by atoms with E-state index in [0.29, 0.717) is 13.1 Å². The van der Waals surface area contributed by atoms with Crippen LogP contribution < -0.4 is 0 Å². The Morgan fingerprint density at radius 3 is 1.92 bits per heavy atom. The summed E-state index contributed by atoms with van der Waals surface area (Å²) >= 11 is 0. The van der Waals surface area contributed by atoms with Gasteiger partial charge >= 0.3 is 0 Å². The molecule has 1 N–H and O–H groups in total. The number of aliphatic hydroxyl groups is 1. The summed E-state index contributed by atoms with van der Waals surface area (Å²) in [7, 11) is 0. The summed E-state index contributed by atoms with van der Waals surface area (Å²) in [5.74, 6) is 0. The second-order valence-corrected chi connectivity index (χ2v) is 6.90. The lowest BCUT2D eigenvalue weighted by Crippen LogP contribution is -2.34. The minimum atomic E-state index is -0.472. The first-order chi connectivity index (χ1) is 12.6. The van der Waals surface area contributed by atoms with Crippen molar-refractivity contribution in [2.45, 2.75) is 39.6 Å². The minimum absolute atomic E-state index is 0.472. The van der Waals surface area contributed by atoms with Crippen LogP contribution in [0, 0.1) is 13.8 Å². The lowest BCUT2D eigenvalue weighted by atomic mass is 10.1. The molecule has 0 aliphatic heterocycles. The molecular formula is C22H27N3O. The fraction of sp³-hybridized carbons (Fsp3) is 0.318. The van der Waals surface area contributed by atoms with Gasteiger partial charge in [-0.05, 0) is 31.0 Å². The Bertz CT molecular complexity index is 757. The van der Waals surface area contributed by atoms with E-state index in [-0.39, 0.29) is 0 Å². The molecule has 3 aromatic rings. The Hall–Kier alpha value is -2.43. The summed E-state index contributed by atoms with van der Waals surface area (Å²) < 4.78 is 1.89. The van der Waals surface area contributed by atoms with Crippen LogP contribution in [0.3, 0.4) is 0 Å². The van der Waals surface area contributed by atoms with Gasteiger partial charge in [-0.15, -0.1) is 0 Å². The van der Waals surface area contributed by atoms with Crippen molar-refractivity contribution in [2.24, 2.45) is 0 Å². The topological polar surface area (TPSA) is 41.3 Å². The number of hydrogen-bond donors (Lipinski definition) is 1. The predicted molar refractivity (Wildman–Crippen MR) is 105 cm³/mol. The summed E-state index contributed by atoms with van der Waals surface area (Å²) in [4.78, 5) is 2.29. The number of hydrogen-bond acceptors (Lipinski definition) is 3. The van der Waals surface area contributed by atoms with Gasteiger partial charge in [-0.2, -0.15) is 5.10 Å². The summed E-state index contributed by atoms with van der Waals surface area (Å²) in [5.41, 5.74) is 4.57. The maximum absolute atomic E-state index is 10.7. The van der Waals surface area contributed by atoms with Gasteiger partial charge in [-0.1, -0.05) is 60.7 Å². The fourth-order valence-electron chi connectivity index (χ4n) is 3.28. The van der Waals surface area contributed by atoms with Crippen LogP contribution in [0.25, 0.3) is 0 Å². The van der Waals surface area contributed by atoms with Crippen LogP contribution in [-0.2, 0) is 19.6 Å². The van der Waals surface area contributed by atoms with Gasteiger partial charge in [0.2, 0.25) is 0 Å². The zero-order valence-corrected chi connectivity index (χ0v) is 15.5. The Morgan fingerprint density at radius 2 is 1.46 bits per heavy atom. The number of aromatic nitrogens is 2. The third kappa shape index (κ3) is 5.28. The lowest BCUT2D eigenvalue weighted by molar-refractivity contribution is 0.0873. The van der Waals surface area contributed by atoms with E-state index in [1.54, 1.807) is 0 Å². The molecule has 4 nitrogen and oxygen atoms in total. The molecule has 0 bridgehead atoms. The molecule has 1 heterocycles. The molecule has 0 aliphatic rings. The van der Waals surface area contributed by atoms with Crippen molar-refractivity contribution in [3.05, 3.63) is 89.2 Å². The zero-order chi connectivity index (χ0) is 18.4. The maximum atomic E-state index is 10.7. The second-order valence-electron chi connectivity index (χ2n) is 6.90. The molecule has 0 aliphatic carbocycles. The molecule has 3 rings (SSSR count). The predicted octanol–water partition coefficient (Wildman–Crippen LogP) is 3.56.